The largest absolute Gasteiger partial charge is 0.573 e. The number of ether oxygens (including phenoxy) is 1. The molecule has 2 aromatic heterocycles. The van der Waals surface area contributed by atoms with Crippen molar-refractivity contribution < 1.29 is 22.4 Å². The van der Waals surface area contributed by atoms with Crippen molar-refractivity contribution in [2.75, 3.05) is 5.32 Å². The van der Waals surface area contributed by atoms with Gasteiger partial charge in [-0.1, -0.05) is 28.3 Å². The van der Waals surface area contributed by atoms with Gasteiger partial charge in [-0.15, -0.1) is 23.4 Å². The second kappa shape index (κ2) is 7.59. The summed E-state index contributed by atoms with van der Waals surface area (Å²) in [6.45, 7) is 1.95. The van der Waals surface area contributed by atoms with E-state index in [9.17, 15) is 13.2 Å². The summed E-state index contributed by atoms with van der Waals surface area (Å²) < 4.78 is 46.4. The molecule has 2 heterocycles. The van der Waals surface area contributed by atoms with E-state index in [0.717, 1.165) is 18.7 Å². The summed E-state index contributed by atoms with van der Waals surface area (Å²) in [6.07, 6.45) is -2.50. The van der Waals surface area contributed by atoms with E-state index in [1.165, 1.54) is 47.4 Å². The molecule has 0 bridgehead atoms. The molecule has 1 aliphatic rings. The van der Waals surface area contributed by atoms with Crippen molar-refractivity contribution in [3.8, 4) is 5.75 Å². The fourth-order valence-corrected chi connectivity index (χ4v) is 4.24. The van der Waals surface area contributed by atoms with E-state index in [1.807, 2.05) is 6.92 Å². The Balaban J connectivity index is 1.34. The molecule has 0 radical (unpaired) electrons. The monoisotopic (exact) mass is 429 g/mol. The zero-order chi connectivity index (χ0) is 19.7. The second-order valence-corrected chi connectivity index (χ2v) is 8.66. The minimum Gasteiger partial charge on any atom is -0.406 e. The van der Waals surface area contributed by atoms with Crippen LogP contribution in [-0.2, 0) is 0 Å². The maximum Gasteiger partial charge on any atom is 0.573 e. The molecule has 1 N–H and O–H groups in total. The molecule has 1 unspecified atom stereocenters. The number of aromatic nitrogens is 4. The fourth-order valence-electron chi connectivity index (χ4n) is 2.29. The van der Waals surface area contributed by atoms with Crippen LogP contribution >= 0.6 is 23.1 Å². The molecule has 4 rings (SSSR count). The smallest absolute Gasteiger partial charge is 0.406 e. The predicted molar refractivity (Wildman–Crippen MR) is 96.9 cm³/mol. The molecule has 0 aliphatic heterocycles. The average Bonchev–Trinajstić information content (AvgIpc) is 3.19. The Morgan fingerprint density at radius 1 is 1.25 bits per heavy atom. The number of anilines is 2. The molecule has 1 fully saturated rings. The van der Waals surface area contributed by atoms with E-state index in [2.05, 4.69) is 30.4 Å². The Bertz CT molecular complexity index is 940. The van der Waals surface area contributed by atoms with Crippen LogP contribution in [0.2, 0.25) is 0 Å². The topological polar surface area (TPSA) is 86.0 Å². The Kier molecular flexibility index (Phi) is 5.15. The molecule has 7 nitrogen and oxygen atoms in total. The molecular formula is C16H14F3N5O2S2. The van der Waals surface area contributed by atoms with Crippen LogP contribution in [0.25, 0.3) is 0 Å². The van der Waals surface area contributed by atoms with Crippen molar-refractivity contribution in [2.45, 2.75) is 41.6 Å². The molecule has 1 saturated carbocycles. The zero-order valence-electron chi connectivity index (χ0n) is 14.4. The lowest BCUT2D eigenvalue weighted by molar-refractivity contribution is -0.274. The number of rotatable bonds is 7. The molecule has 148 valence electrons. The van der Waals surface area contributed by atoms with E-state index in [-0.39, 0.29) is 11.0 Å². The molecule has 3 aromatic rings. The highest BCUT2D eigenvalue weighted by atomic mass is 32.2. The highest BCUT2D eigenvalue weighted by Gasteiger charge is 2.31. The van der Waals surface area contributed by atoms with Gasteiger partial charge in [0.2, 0.25) is 11.0 Å². The summed E-state index contributed by atoms with van der Waals surface area (Å²) >= 11 is 2.76. The first-order chi connectivity index (χ1) is 13.4. The highest BCUT2D eigenvalue weighted by molar-refractivity contribution is 8.01. The van der Waals surface area contributed by atoms with Gasteiger partial charge in [0, 0.05) is 11.6 Å². The number of nitrogens with one attached hydrogen (secondary N) is 1. The first kappa shape index (κ1) is 19.0. The van der Waals surface area contributed by atoms with Crippen LogP contribution in [0, 0.1) is 0 Å². The van der Waals surface area contributed by atoms with Crippen LogP contribution in [-0.4, -0.2) is 26.7 Å². The van der Waals surface area contributed by atoms with Crippen LogP contribution in [0.5, 0.6) is 5.75 Å². The third-order valence-corrected chi connectivity index (χ3v) is 5.78. The first-order valence-electron chi connectivity index (χ1n) is 8.32. The van der Waals surface area contributed by atoms with Gasteiger partial charge in [-0.2, -0.15) is 4.98 Å². The van der Waals surface area contributed by atoms with Crippen molar-refractivity contribution in [1.29, 1.82) is 0 Å². The van der Waals surface area contributed by atoms with Crippen LogP contribution in [0.15, 0.2) is 33.1 Å². The second-order valence-electron chi connectivity index (χ2n) is 6.10. The van der Waals surface area contributed by atoms with Gasteiger partial charge in [0.25, 0.3) is 0 Å². The van der Waals surface area contributed by atoms with Crippen molar-refractivity contribution in [1.82, 2.24) is 20.3 Å². The van der Waals surface area contributed by atoms with E-state index >= 15 is 0 Å². The van der Waals surface area contributed by atoms with E-state index in [0.29, 0.717) is 27.0 Å². The normalized spacial score (nSPS) is 15.4. The van der Waals surface area contributed by atoms with Gasteiger partial charge in [0.15, 0.2) is 10.2 Å². The number of halogens is 3. The van der Waals surface area contributed by atoms with Gasteiger partial charge >= 0.3 is 6.36 Å². The third kappa shape index (κ3) is 4.93. The van der Waals surface area contributed by atoms with Crippen LogP contribution < -0.4 is 10.1 Å². The first-order valence-corrected chi connectivity index (χ1v) is 10.0. The van der Waals surface area contributed by atoms with Gasteiger partial charge in [-0.25, -0.2) is 0 Å². The summed E-state index contributed by atoms with van der Waals surface area (Å²) in [5, 5.41) is 15.6. The maximum absolute atomic E-state index is 12.2. The third-order valence-electron chi connectivity index (χ3n) is 3.77. The summed E-state index contributed by atoms with van der Waals surface area (Å²) in [6, 6.07) is 5.38. The summed E-state index contributed by atoms with van der Waals surface area (Å²) in [7, 11) is 0. The highest BCUT2D eigenvalue weighted by Crippen LogP contribution is 2.41. The van der Waals surface area contributed by atoms with Crippen LogP contribution in [0.4, 0.5) is 24.0 Å². The number of alkyl halides is 3. The Hall–Kier alpha value is -2.34. The molecule has 28 heavy (non-hydrogen) atoms. The minimum atomic E-state index is -4.71. The lowest BCUT2D eigenvalue weighted by Crippen LogP contribution is -2.16. The van der Waals surface area contributed by atoms with E-state index in [4.69, 9.17) is 4.52 Å². The van der Waals surface area contributed by atoms with Crippen molar-refractivity contribution in [3.63, 3.8) is 0 Å². The van der Waals surface area contributed by atoms with Gasteiger partial charge in [0.05, 0.1) is 5.25 Å². The molecule has 1 aromatic carbocycles. The van der Waals surface area contributed by atoms with Gasteiger partial charge in [-0.05, 0) is 44.0 Å². The summed E-state index contributed by atoms with van der Waals surface area (Å²) in [5.74, 6) is 1.46. The Morgan fingerprint density at radius 2 is 2.00 bits per heavy atom. The zero-order valence-corrected chi connectivity index (χ0v) is 16.1. The number of hydrogen-bond donors (Lipinski definition) is 1. The molecule has 0 spiro atoms. The van der Waals surface area contributed by atoms with Gasteiger partial charge in [-0.3, -0.25) is 0 Å². The molecule has 0 saturated heterocycles. The minimum absolute atomic E-state index is 0.0698. The van der Waals surface area contributed by atoms with Gasteiger partial charge < -0.3 is 14.6 Å². The summed E-state index contributed by atoms with van der Waals surface area (Å²) in [5.41, 5.74) is 0.571. The standard InChI is InChI=1S/C16H14F3N5O2S2/c1-8(13-21-12(24-26-13)9-2-3-9)27-15-23-22-14(28-15)20-10-4-6-11(7-5-10)25-16(17,18)19/h4-9H,2-3H2,1H3,(H,20,22). The van der Waals surface area contributed by atoms with Crippen LogP contribution in [0.1, 0.15) is 42.6 Å². The molecular weight excluding hydrogens is 415 g/mol. The molecule has 1 aliphatic carbocycles. The fraction of sp³-hybridized carbons (Fsp3) is 0.375. The van der Waals surface area contributed by atoms with E-state index in [1.54, 1.807) is 0 Å². The lowest BCUT2D eigenvalue weighted by Gasteiger charge is -2.09. The number of thioether (sulfide) groups is 1. The maximum atomic E-state index is 12.2. The predicted octanol–water partition coefficient (Wildman–Crippen LogP) is 5.29. The van der Waals surface area contributed by atoms with E-state index < -0.39 is 6.36 Å². The van der Waals surface area contributed by atoms with Crippen LogP contribution in [0.3, 0.4) is 0 Å². The average molecular weight is 429 g/mol. The quantitative estimate of drug-likeness (QED) is 0.507. The molecule has 12 heteroatoms. The molecule has 0 amide bonds. The SMILES string of the molecule is CC(Sc1nnc(Nc2ccc(OC(F)(F)F)cc2)s1)c1nc(C2CC2)no1. The summed E-state index contributed by atoms with van der Waals surface area (Å²) in [4.78, 5) is 4.43. The van der Waals surface area contributed by atoms with Crippen molar-refractivity contribution >= 4 is 33.9 Å². The van der Waals surface area contributed by atoms with Crippen molar-refractivity contribution in [2.24, 2.45) is 0 Å². The molecule has 1 atom stereocenters. The number of hydrogen-bond acceptors (Lipinski definition) is 9. The Labute approximate surface area is 165 Å². The van der Waals surface area contributed by atoms with Gasteiger partial charge in [0.1, 0.15) is 5.75 Å². The lowest BCUT2D eigenvalue weighted by atomic mass is 10.3. The number of benzene rings is 1. The Morgan fingerprint density at radius 3 is 2.68 bits per heavy atom. The number of nitrogens with zero attached hydrogens (tertiary/aromatic N) is 4. The van der Waals surface area contributed by atoms with Crippen molar-refractivity contribution in [3.05, 3.63) is 36.0 Å².